The van der Waals surface area contributed by atoms with Crippen LogP contribution in [-0.2, 0) is 10.2 Å². The molecule has 1 rings (SSSR count). The minimum Gasteiger partial charge on any atom is -0.393 e. The summed E-state index contributed by atoms with van der Waals surface area (Å²) in [5.74, 6) is 0.614. The highest BCUT2D eigenvalue weighted by molar-refractivity contribution is 7.87. The lowest BCUT2D eigenvalue weighted by Crippen LogP contribution is -2.45. The SMILES string of the molecule is CCC(O)CCNS(=O)(=O)N1CCC(C)CC1. The Labute approximate surface area is 104 Å². The molecule has 0 saturated carbocycles. The molecule has 0 bridgehead atoms. The van der Waals surface area contributed by atoms with Crippen molar-refractivity contribution in [2.45, 2.75) is 45.6 Å². The Morgan fingerprint density at radius 1 is 1.41 bits per heavy atom. The van der Waals surface area contributed by atoms with Gasteiger partial charge in [0.25, 0.3) is 10.2 Å². The summed E-state index contributed by atoms with van der Waals surface area (Å²) in [7, 11) is -3.34. The Balaban J connectivity index is 2.35. The quantitative estimate of drug-likeness (QED) is 0.742. The lowest BCUT2D eigenvalue weighted by molar-refractivity contribution is 0.161. The molecule has 1 aliphatic heterocycles. The Morgan fingerprint density at radius 2 is 2.00 bits per heavy atom. The zero-order chi connectivity index (χ0) is 12.9. The minimum absolute atomic E-state index is 0.309. The van der Waals surface area contributed by atoms with Crippen LogP contribution < -0.4 is 4.72 Å². The summed E-state index contributed by atoms with van der Waals surface area (Å²) in [5, 5.41) is 9.35. The maximum Gasteiger partial charge on any atom is 0.279 e. The van der Waals surface area contributed by atoms with Gasteiger partial charge in [-0.2, -0.15) is 12.7 Å². The molecule has 0 aromatic heterocycles. The first-order valence-corrected chi connectivity index (χ1v) is 7.82. The second-order valence-corrected chi connectivity index (χ2v) is 6.59. The normalized spacial score (nSPS) is 21.6. The fraction of sp³-hybridized carbons (Fsp3) is 1.00. The van der Waals surface area contributed by atoms with Gasteiger partial charge in [0, 0.05) is 19.6 Å². The van der Waals surface area contributed by atoms with Gasteiger partial charge in [-0.25, -0.2) is 4.72 Å². The highest BCUT2D eigenvalue weighted by atomic mass is 32.2. The van der Waals surface area contributed by atoms with Crippen LogP contribution in [0.4, 0.5) is 0 Å². The number of piperidine rings is 1. The van der Waals surface area contributed by atoms with E-state index in [-0.39, 0.29) is 0 Å². The molecule has 0 aromatic carbocycles. The highest BCUT2D eigenvalue weighted by Gasteiger charge is 2.25. The van der Waals surface area contributed by atoms with Crippen molar-refractivity contribution in [2.75, 3.05) is 19.6 Å². The van der Waals surface area contributed by atoms with Gasteiger partial charge in [0.1, 0.15) is 0 Å². The first kappa shape index (κ1) is 14.9. The molecule has 0 amide bonds. The van der Waals surface area contributed by atoms with Crippen LogP contribution in [0.15, 0.2) is 0 Å². The molecule has 0 aromatic rings. The number of aliphatic hydroxyl groups excluding tert-OH is 1. The van der Waals surface area contributed by atoms with Crippen molar-refractivity contribution in [3.05, 3.63) is 0 Å². The van der Waals surface area contributed by atoms with Gasteiger partial charge < -0.3 is 5.11 Å². The molecule has 1 saturated heterocycles. The van der Waals surface area contributed by atoms with Crippen LogP contribution in [-0.4, -0.2) is 43.6 Å². The summed E-state index contributed by atoms with van der Waals surface area (Å²) < 4.78 is 27.8. The van der Waals surface area contributed by atoms with Gasteiger partial charge in [-0.1, -0.05) is 13.8 Å². The van der Waals surface area contributed by atoms with E-state index in [1.54, 1.807) is 0 Å². The van der Waals surface area contributed by atoms with Crippen LogP contribution in [0.2, 0.25) is 0 Å². The lowest BCUT2D eigenvalue weighted by Gasteiger charge is -2.29. The molecule has 6 heteroatoms. The molecule has 0 spiro atoms. The molecular formula is C11H24N2O3S. The Bertz CT molecular complexity index is 311. The summed E-state index contributed by atoms with van der Waals surface area (Å²) in [6.07, 6.45) is 2.57. The van der Waals surface area contributed by atoms with E-state index in [1.807, 2.05) is 6.92 Å². The molecule has 102 valence electrons. The molecule has 0 aliphatic carbocycles. The van der Waals surface area contributed by atoms with Crippen LogP contribution in [0.5, 0.6) is 0 Å². The Hall–Kier alpha value is -0.170. The predicted octanol–water partition coefficient (Wildman–Crippen LogP) is 0.714. The van der Waals surface area contributed by atoms with Crippen LogP contribution in [0.3, 0.4) is 0 Å². The van der Waals surface area contributed by atoms with Gasteiger partial charge >= 0.3 is 0 Å². The summed E-state index contributed by atoms with van der Waals surface area (Å²) >= 11 is 0. The summed E-state index contributed by atoms with van der Waals surface area (Å²) in [4.78, 5) is 0. The van der Waals surface area contributed by atoms with Crippen LogP contribution in [0.1, 0.15) is 39.5 Å². The molecule has 2 N–H and O–H groups in total. The van der Waals surface area contributed by atoms with Crippen molar-refractivity contribution in [2.24, 2.45) is 5.92 Å². The van der Waals surface area contributed by atoms with Crippen molar-refractivity contribution in [3.63, 3.8) is 0 Å². The van der Waals surface area contributed by atoms with Crippen LogP contribution in [0.25, 0.3) is 0 Å². The first-order valence-electron chi connectivity index (χ1n) is 6.38. The number of rotatable bonds is 6. The zero-order valence-corrected chi connectivity index (χ0v) is 11.5. The molecule has 1 aliphatic rings. The van der Waals surface area contributed by atoms with Gasteiger partial charge in [-0.15, -0.1) is 0 Å². The number of hydrogen-bond donors (Lipinski definition) is 2. The number of nitrogens with one attached hydrogen (secondary N) is 1. The number of aliphatic hydroxyl groups is 1. The third-order valence-electron chi connectivity index (χ3n) is 3.32. The predicted molar refractivity (Wildman–Crippen MR) is 67.8 cm³/mol. The molecular weight excluding hydrogens is 240 g/mol. The van der Waals surface area contributed by atoms with E-state index in [1.165, 1.54) is 4.31 Å². The van der Waals surface area contributed by atoms with E-state index in [2.05, 4.69) is 11.6 Å². The van der Waals surface area contributed by atoms with Gasteiger partial charge in [0.15, 0.2) is 0 Å². The van der Waals surface area contributed by atoms with Crippen molar-refractivity contribution in [3.8, 4) is 0 Å². The molecule has 17 heavy (non-hydrogen) atoms. The van der Waals surface area contributed by atoms with Gasteiger partial charge in [0.2, 0.25) is 0 Å². The monoisotopic (exact) mass is 264 g/mol. The molecule has 5 nitrogen and oxygen atoms in total. The second-order valence-electron chi connectivity index (χ2n) is 4.83. The summed E-state index contributed by atoms with van der Waals surface area (Å²) in [6.45, 7) is 5.54. The van der Waals surface area contributed by atoms with E-state index in [4.69, 9.17) is 0 Å². The smallest absolute Gasteiger partial charge is 0.279 e. The minimum atomic E-state index is -3.34. The van der Waals surface area contributed by atoms with Crippen LogP contribution in [0, 0.1) is 5.92 Å². The third kappa shape index (κ3) is 4.91. The summed E-state index contributed by atoms with van der Waals surface area (Å²) in [6, 6.07) is 0. The average molecular weight is 264 g/mol. The molecule has 1 unspecified atom stereocenters. The zero-order valence-electron chi connectivity index (χ0n) is 10.7. The van der Waals surface area contributed by atoms with E-state index in [0.717, 1.165) is 12.8 Å². The van der Waals surface area contributed by atoms with Crippen molar-refractivity contribution < 1.29 is 13.5 Å². The third-order valence-corrected chi connectivity index (χ3v) is 4.93. The maximum atomic E-state index is 11.9. The average Bonchev–Trinajstić information content (AvgIpc) is 2.29. The van der Waals surface area contributed by atoms with E-state index in [9.17, 15) is 13.5 Å². The molecule has 0 radical (unpaired) electrons. The van der Waals surface area contributed by atoms with Gasteiger partial charge in [0.05, 0.1) is 6.10 Å². The largest absolute Gasteiger partial charge is 0.393 e. The van der Waals surface area contributed by atoms with Crippen molar-refractivity contribution >= 4 is 10.2 Å². The van der Waals surface area contributed by atoms with Crippen LogP contribution >= 0.6 is 0 Å². The van der Waals surface area contributed by atoms with E-state index >= 15 is 0 Å². The van der Waals surface area contributed by atoms with Gasteiger partial charge in [-0.3, -0.25) is 0 Å². The number of nitrogens with zero attached hydrogens (tertiary/aromatic N) is 1. The Kier molecular flexibility index (Phi) is 5.85. The van der Waals surface area contributed by atoms with Gasteiger partial charge in [-0.05, 0) is 31.6 Å². The summed E-state index contributed by atoms with van der Waals surface area (Å²) in [5.41, 5.74) is 0. The standard InChI is InChI=1S/C11H24N2O3S/c1-3-11(14)4-7-12-17(15,16)13-8-5-10(2)6-9-13/h10-12,14H,3-9H2,1-2H3. The van der Waals surface area contributed by atoms with Crippen molar-refractivity contribution in [1.82, 2.24) is 9.03 Å². The number of hydrogen-bond acceptors (Lipinski definition) is 3. The molecule has 1 fully saturated rings. The second kappa shape index (κ2) is 6.68. The lowest BCUT2D eigenvalue weighted by atomic mass is 10.0. The van der Waals surface area contributed by atoms with E-state index < -0.39 is 16.3 Å². The van der Waals surface area contributed by atoms with E-state index in [0.29, 0.717) is 38.4 Å². The maximum absolute atomic E-state index is 11.9. The molecule has 1 atom stereocenters. The topological polar surface area (TPSA) is 69.6 Å². The van der Waals surface area contributed by atoms with Crippen molar-refractivity contribution in [1.29, 1.82) is 0 Å². The molecule has 1 heterocycles. The fourth-order valence-corrected chi connectivity index (χ4v) is 3.13. The fourth-order valence-electron chi connectivity index (χ4n) is 1.88. The Morgan fingerprint density at radius 3 is 2.53 bits per heavy atom. The highest BCUT2D eigenvalue weighted by Crippen LogP contribution is 2.17. The first-order chi connectivity index (χ1) is 7.95.